The number of hydrogen-bond acceptors (Lipinski definition) is 5. The van der Waals surface area contributed by atoms with Crippen molar-refractivity contribution >= 4 is 38.8 Å². The lowest BCUT2D eigenvalue weighted by Gasteiger charge is -2.07. The van der Waals surface area contributed by atoms with Crippen LogP contribution in [-0.4, -0.2) is 26.4 Å². The number of benzene rings is 1. The van der Waals surface area contributed by atoms with Crippen molar-refractivity contribution in [3.63, 3.8) is 0 Å². The lowest BCUT2D eigenvalue weighted by Crippen LogP contribution is -2.11. The van der Waals surface area contributed by atoms with Crippen molar-refractivity contribution in [2.75, 3.05) is 17.6 Å². The summed E-state index contributed by atoms with van der Waals surface area (Å²) in [5.41, 5.74) is 0.550. The predicted octanol–water partition coefficient (Wildman–Crippen LogP) is 2.81. The van der Waals surface area contributed by atoms with E-state index < -0.39 is 10.0 Å². The lowest BCUT2D eigenvalue weighted by molar-refractivity contribution is 0.300. The average molecular weight is 329 g/mol. The molecule has 0 atom stereocenters. The molecule has 20 heavy (non-hydrogen) atoms. The first-order valence-corrected chi connectivity index (χ1v) is 9.44. The summed E-state index contributed by atoms with van der Waals surface area (Å²) in [6.07, 6.45) is 2.41. The van der Waals surface area contributed by atoms with Crippen LogP contribution in [0.1, 0.15) is 4.88 Å². The Kier molecular flexibility index (Phi) is 5.09. The standard InChI is InChI=1S/C13H15NO3S3/c1-18-12-4-2-3-10(9-12)14-20(16,17)13-6-5-11(19-13)7-8-15/h2-6,9,14-15H,7-8H2,1H3. The molecule has 0 saturated heterocycles. The molecule has 4 nitrogen and oxygen atoms in total. The molecular formula is C13H15NO3S3. The van der Waals surface area contributed by atoms with E-state index in [1.165, 1.54) is 11.3 Å². The summed E-state index contributed by atoms with van der Waals surface area (Å²) in [7, 11) is -3.56. The molecule has 2 aromatic rings. The topological polar surface area (TPSA) is 66.4 Å². The maximum absolute atomic E-state index is 12.2. The number of anilines is 1. The number of thioether (sulfide) groups is 1. The highest BCUT2D eigenvalue weighted by molar-refractivity contribution is 7.98. The highest BCUT2D eigenvalue weighted by Gasteiger charge is 2.17. The molecule has 1 aromatic heterocycles. The van der Waals surface area contributed by atoms with Crippen LogP contribution < -0.4 is 4.72 Å². The molecule has 0 aliphatic carbocycles. The van der Waals surface area contributed by atoms with Crippen LogP contribution in [0.3, 0.4) is 0 Å². The van der Waals surface area contributed by atoms with Gasteiger partial charge in [-0.2, -0.15) is 0 Å². The maximum atomic E-state index is 12.2. The second-order valence-corrected chi connectivity index (χ2v) is 7.99. The molecule has 7 heteroatoms. The molecule has 108 valence electrons. The largest absolute Gasteiger partial charge is 0.396 e. The molecule has 0 amide bonds. The van der Waals surface area contributed by atoms with E-state index in [9.17, 15) is 8.42 Å². The van der Waals surface area contributed by atoms with Crippen molar-refractivity contribution < 1.29 is 13.5 Å². The molecule has 0 unspecified atom stereocenters. The highest BCUT2D eigenvalue weighted by Crippen LogP contribution is 2.26. The summed E-state index contributed by atoms with van der Waals surface area (Å²) in [6, 6.07) is 10.6. The van der Waals surface area contributed by atoms with Gasteiger partial charge < -0.3 is 5.11 Å². The van der Waals surface area contributed by atoms with Crippen LogP contribution in [0.15, 0.2) is 45.5 Å². The van der Waals surface area contributed by atoms with Crippen molar-refractivity contribution in [2.24, 2.45) is 0 Å². The Hall–Kier alpha value is -1.02. The van der Waals surface area contributed by atoms with Crippen molar-refractivity contribution in [1.82, 2.24) is 0 Å². The van der Waals surface area contributed by atoms with E-state index in [1.807, 2.05) is 18.4 Å². The Morgan fingerprint density at radius 2 is 2.10 bits per heavy atom. The van der Waals surface area contributed by atoms with E-state index in [-0.39, 0.29) is 10.8 Å². The number of rotatable bonds is 6. The minimum absolute atomic E-state index is 0.0171. The third-order valence-corrected chi connectivity index (χ3v) is 6.33. The number of hydrogen-bond donors (Lipinski definition) is 2. The molecular weight excluding hydrogens is 314 g/mol. The molecule has 0 aliphatic heterocycles. The summed E-state index contributed by atoms with van der Waals surface area (Å²) >= 11 is 2.73. The Morgan fingerprint density at radius 1 is 1.30 bits per heavy atom. The first kappa shape index (κ1) is 15.4. The van der Waals surface area contributed by atoms with Gasteiger partial charge in [-0.15, -0.1) is 23.1 Å². The van der Waals surface area contributed by atoms with Crippen LogP contribution in [0.5, 0.6) is 0 Å². The van der Waals surface area contributed by atoms with Gasteiger partial charge in [0, 0.05) is 28.5 Å². The first-order valence-electron chi connectivity index (χ1n) is 5.91. The molecule has 2 rings (SSSR count). The Morgan fingerprint density at radius 3 is 2.80 bits per heavy atom. The number of nitrogens with one attached hydrogen (secondary N) is 1. The van der Waals surface area contributed by atoms with Gasteiger partial charge in [-0.3, -0.25) is 4.72 Å². The molecule has 0 saturated carbocycles. The fourth-order valence-corrected chi connectivity index (χ4v) is 4.49. The number of aliphatic hydroxyl groups excluding tert-OH is 1. The van der Waals surface area contributed by atoms with Crippen LogP contribution in [0, 0.1) is 0 Å². The monoisotopic (exact) mass is 329 g/mol. The van der Waals surface area contributed by atoms with Gasteiger partial charge in [0.05, 0.1) is 0 Å². The fraction of sp³-hybridized carbons (Fsp3) is 0.231. The van der Waals surface area contributed by atoms with Crippen LogP contribution in [0.2, 0.25) is 0 Å². The molecule has 0 fully saturated rings. The molecule has 1 heterocycles. The smallest absolute Gasteiger partial charge is 0.271 e. The lowest BCUT2D eigenvalue weighted by atomic mass is 10.3. The quantitative estimate of drug-likeness (QED) is 0.800. The average Bonchev–Trinajstić information content (AvgIpc) is 2.88. The maximum Gasteiger partial charge on any atom is 0.271 e. The summed E-state index contributed by atoms with van der Waals surface area (Å²) in [4.78, 5) is 1.85. The zero-order valence-corrected chi connectivity index (χ0v) is 13.3. The van der Waals surface area contributed by atoms with Gasteiger partial charge in [-0.25, -0.2) is 8.42 Å². The van der Waals surface area contributed by atoms with Gasteiger partial charge in [0.2, 0.25) is 0 Å². The second-order valence-electron chi connectivity index (χ2n) is 4.03. The molecule has 0 aliphatic rings. The van der Waals surface area contributed by atoms with Gasteiger partial charge in [-0.05, 0) is 36.6 Å². The second kappa shape index (κ2) is 6.62. The van der Waals surface area contributed by atoms with E-state index in [4.69, 9.17) is 5.11 Å². The van der Waals surface area contributed by atoms with E-state index in [2.05, 4.69) is 4.72 Å². The SMILES string of the molecule is CSc1cccc(NS(=O)(=O)c2ccc(CCO)s2)c1. The van der Waals surface area contributed by atoms with E-state index >= 15 is 0 Å². The number of thiophene rings is 1. The van der Waals surface area contributed by atoms with Gasteiger partial charge in [0.1, 0.15) is 4.21 Å². The van der Waals surface area contributed by atoms with Crippen molar-refractivity contribution in [1.29, 1.82) is 0 Å². The zero-order chi connectivity index (χ0) is 14.6. The van der Waals surface area contributed by atoms with Crippen molar-refractivity contribution in [3.8, 4) is 0 Å². The number of sulfonamides is 1. The predicted molar refractivity (Wildman–Crippen MR) is 84.1 cm³/mol. The van der Waals surface area contributed by atoms with Crippen LogP contribution in [0.4, 0.5) is 5.69 Å². The Balaban J connectivity index is 2.21. The highest BCUT2D eigenvalue weighted by atomic mass is 32.2. The van der Waals surface area contributed by atoms with Gasteiger partial charge in [-0.1, -0.05) is 6.07 Å². The Labute approximate surface area is 126 Å². The van der Waals surface area contributed by atoms with E-state index in [0.29, 0.717) is 12.1 Å². The molecule has 2 N–H and O–H groups in total. The van der Waals surface area contributed by atoms with E-state index in [1.54, 1.807) is 36.0 Å². The van der Waals surface area contributed by atoms with Gasteiger partial charge >= 0.3 is 0 Å². The van der Waals surface area contributed by atoms with Gasteiger partial charge in [0.15, 0.2) is 0 Å². The van der Waals surface area contributed by atoms with Crippen molar-refractivity contribution in [3.05, 3.63) is 41.3 Å². The first-order chi connectivity index (χ1) is 9.55. The minimum atomic E-state index is -3.56. The molecule has 0 spiro atoms. The van der Waals surface area contributed by atoms with E-state index in [0.717, 1.165) is 9.77 Å². The zero-order valence-electron chi connectivity index (χ0n) is 10.9. The minimum Gasteiger partial charge on any atom is -0.396 e. The fourth-order valence-electron chi connectivity index (χ4n) is 1.64. The summed E-state index contributed by atoms with van der Waals surface area (Å²) in [5.74, 6) is 0. The van der Waals surface area contributed by atoms with Crippen LogP contribution >= 0.6 is 23.1 Å². The Bertz CT molecular complexity index is 680. The summed E-state index contributed by atoms with van der Waals surface area (Å²) in [6.45, 7) is 0.0171. The summed E-state index contributed by atoms with van der Waals surface area (Å²) in [5, 5.41) is 8.86. The van der Waals surface area contributed by atoms with Gasteiger partial charge in [0.25, 0.3) is 10.0 Å². The number of aliphatic hydroxyl groups is 1. The molecule has 1 aromatic carbocycles. The normalized spacial score (nSPS) is 11.5. The molecule has 0 bridgehead atoms. The third-order valence-electron chi connectivity index (χ3n) is 2.58. The van der Waals surface area contributed by atoms with Crippen LogP contribution in [0.25, 0.3) is 0 Å². The van der Waals surface area contributed by atoms with Crippen LogP contribution in [-0.2, 0) is 16.4 Å². The third kappa shape index (κ3) is 3.76. The molecule has 0 radical (unpaired) electrons. The summed E-state index contributed by atoms with van der Waals surface area (Å²) < 4.78 is 27.3. The van der Waals surface area contributed by atoms with Crippen molar-refractivity contribution in [2.45, 2.75) is 15.5 Å².